The van der Waals surface area contributed by atoms with Gasteiger partial charge in [0.2, 0.25) is 5.91 Å². The van der Waals surface area contributed by atoms with Crippen LogP contribution < -0.4 is 5.32 Å². The molecule has 2 aliphatic heterocycles. The van der Waals surface area contributed by atoms with Gasteiger partial charge in [0.25, 0.3) is 5.91 Å². The number of amides is 4. The minimum atomic E-state index is -0.907. The maximum atomic E-state index is 14.2. The molecule has 1 aliphatic carbocycles. The second kappa shape index (κ2) is 15.8. The van der Waals surface area contributed by atoms with Gasteiger partial charge in [0.05, 0.1) is 52.7 Å². The molecule has 2 fully saturated rings. The van der Waals surface area contributed by atoms with E-state index in [1.807, 2.05) is 74.5 Å². The Labute approximate surface area is 350 Å². The molecule has 0 spiro atoms. The minimum Gasteiger partial charge on any atom is -0.507 e. The Bertz CT molecular complexity index is 2580. The fraction of sp³-hybridized carbons (Fsp3) is 0.386. The summed E-state index contributed by atoms with van der Waals surface area (Å²) in [5.74, 6) is -0.957. The van der Waals surface area contributed by atoms with Crippen LogP contribution in [0, 0.1) is 18.8 Å². The fourth-order valence-electron chi connectivity index (χ4n) is 8.78. The van der Waals surface area contributed by atoms with E-state index >= 15 is 0 Å². The predicted octanol–water partition coefficient (Wildman–Crippen LogP) is 6.11. The molecule has 0 unspecified atom stereocenters. The number of nitrogens with one attached hydrogen (secondary N) is 2. The van der Waals surface area contributed by atoms with Gasteiger partial charge < -0.3 is 29.9 Å². The molecular formula is C44H47N9O6S. The summed E-state index contributed by atoms with van der Waals surface area (Å²) in [7, 11) is 0. The van der Waals surface area contributed by atoms with Gasteiger partial charge in [-0.1, -0.05) is 55.4 Å². The summed E-state index contributed by atoms with van der Waals surface area (Å²) in [5, 5.41) is 40.7. The van der Waals surface area contributed by atoms with Gasteiger partial charge in [-0.05, 0) is 73.9 Å². The van der Waals surface area contributed by atoms with Crippen molar-refractivity contribution in [3.05, 3.63) is 100 Å². The lowest BCUT2D eigenvalue weighted by molar-refractivity contribution is -0.143. The highest BCUT2D eigenvalue weighted by molar-refractivity contribution is 7.13. The number of aliphatic hydroxyl groups excluding tert-OH is 1. The van der Waals surface area contributed by atoms with E-state index in [4.69, 9.17) is 4.52 Å². The second-order valence-corrected chi connectivity index (χ2v) is 17.4. The van der Waals surface area contributed by atoms with Crippen LogP contribution in [0.1, 0.15) is 79.0 Å². The number of hydrogen-bond acceptors (Lipinski definition) is 11. The number of aliphatic hydroxyl groups is 1. The Morgan fingerprint density at radius 3 is 2.48 bits per heavy atom. The molecule has 16 heteroatoms. The minimum absolute atomic E-state index is 0.0255. The van der Waals surface area contributed by atoms with Crippen molar-refractivity contribution in [1.82, 2.24) is 45.6 Å². The van der Waals surface area contributed by atoms with E-state index in [2.05, 4.69) is 30.6 Å². The molecular weight excluding hydrogens is 783 g/mol. The van der Waals surface area contributed by atoms with Crippen LogP contribution in [0.4, 0.5) is 4.79 Å². The largest absolute Gasteiger partial charge is 0.507 e. The normalized spacial score (nSPS) is 19.1. The average molecular weight is 830 g/mol. The van der Waals surface area contributed by atoms with Gasteiger partial charge in [-0.2, -0.15) is 0 Å². The third-order valence-corrected chi connectivity index (χ3v) is 13.2. The van der Waals surface area contributed by atoms with Crippen LogP contribution in [-0.2, 0) is 22.4 Å². The van der Waals surface area contributed by atoms with Crippen LogP contribution >= 0.6 is 11.3 Å². The van der Waals surface area contributed by atoms with Gasteiger partial charge >= 0.3 is 6.03 Å². The number of H-pyrrole nitrogens is 1. The lowest BCUT2D eigenvalue weighted by Gasteiger charge is -2.40. The number of hydrogen-bond donors (Lipinski definition) is 4. The van der Waals surface area contributed by atoms with Crippen molar-refractivity contribution >= 4 is 40.2 Å². The lowest BCUT2D eigenvalue weighted by Crippen LogP contribution is -2.51. The highest BCUT2D eigenvalue weighted by Gasteiger charge is 2.43. The van der Waals surface area contributed by atoms with Crippen LogP contribution in [-0.4, -0.2) is 101 Å². The Balaban J connectivity index is 0.830. The number of likely N-dealkylation sites (tertiary alicyclic amines) is 1. The molecule has 4 aromatic heterocycles. The molecule has 4 amide bonds. The number of urea groups is 1. The molecule has 6 aromatic rings. The van der Waals surface area contributed by atoms with Crippen molar-refractivity contribution in [2.45, 2.75) is 70.9 Å². The molecule has 6 heterocycles. The first-order valence-electron chi connectivity index (χ1n) is 20.4. The van der Waals surface area contributed by atoms with Gasteiger partial charge in [0.15, 0.2) is 5.65 Å². The number of aromatic nitrogens is 5. The number of rotatable bonds is 9. The zero-order chi connectivity index (χ0) is 41.8. The quantitative estimate of drug-likeness (QED) is 0.132. The molecule has 4 atom stereocenters. The van der Waals surface area contributed by atoms with E-state index in [0.29, 0.717) is 54.3 Å². The smallest absolute Gasteiger partial charge is 0.336 e. The van der Waals surface area contributed by atoms with Crippen LogP contribution in [0.15, 0.2) is 70.7 Å². The Morgan fingerprint density at radius 2 is 1.75 bits per heavy atom. The number of aromatic hydroxyl groups is 1. The summed E-state index contributed by atoms with van der Waals surface area (Å²) in [6, 6.07) is 17.9. The number of β-amino-alcohol motifs (C(OH)–C–C–N with tert-alkyl or cyclic N) is 1. The number of carbonyl (C=O) groups is 3. The van der Waals surface area contributed by atoms with Crippen molar-refractivity contribution in [1.29, 1.82) is 0 Å². The first kappa shape index (κ1) is 39.3. The predicted molar refractivity (Wildman–Crippen MR) is 224 cm³/mol. The van der Waals surface area contributed by atoms with E-state index in [1.54, 1.807) is 35.6 Å². The summed E-state index contributed by atoms with van der Waals surface area (Å²) in [6.07, 6.45) is 1.10. The van der Waals surface area contributed by atoms with E-state index in [1.165, 1.54) is 10.0 Å². The molecule has 60 heavy (non-hydrogen) atoms. The lowest BCUT2D eigenvalue weighted by atomic mass is 9.84. The summed E-state index contributed by atoms with van der Waals surface area (Å²) in [4.78, 5) is 52.4. The van der Waals surface area contributed by atoms with Gasteiger partial charge in [0.1, 0.15) is 17.4 Å². The number of hydrazine groups is 1. The molecule has 0 radical (unpaired) electrons. The van der Waals surface area contributed by atoms with Crippen molar-refractivity contribution in [3.63, 3.8) is 0 Å². The molecule has 310 valence electrons. The fourth-order valence-corrected chi connectivity index (χ4v) is 9.60. The number of phenolic OH excluding ortho intramolecular Hbond substituents is 1. The van der Waals surface area contributed by atoms with Gasteiger partial charge in [-0.25, -0.2) is 19.8 Å². The molecule has 15 nitrogen and oxygen atoms in total. The summed E-state index contributed by atoms with van der Waals surface area (Å²) in [5.41, 5.74) is 9.38. The number of aryl methyl sites for hydroxylation is 2. The van der Waals surface area contributed by atoms with E-state index < -0.39 is 18.1 Å². The van der Waals surface area contributed by atoms with Crippen LogP contribution in [0.5, 0.6) is 5.75 Å². The molecule has 9 rings (SSSR count). The standard InChI is InChI=1S/C44H47N9O6S/c1-23(2)39(43(57)52-20-30(54)21-53(52)44(58)46-24(3)26-9-11-27(12-10-26)40-25(4)45-22-60-40)38-17-35(50-59-38)29-18-51(19-29)42(56)28-13-14-34-32(15-28)33-16-36(48-49-41(33)47-34)31-7-5-6-8-37(31)55/h5-12,16-17,22-24,28-30,39,54-55H,13-15,18-21H2,1-4H3,(H,46,58)(H,47,49)/t24-,28+,30-,39-/m0/s1. The maximum absolute atomic E-state index is 14.2. The van der Waals surface area contributed by atoms with Crippen molar-refractivity contribution < 1.29 is 29.1 Å². The van der Waals surface area contributed by atoms with E-state index in [9.17, 15) is 24.6 Å². The number of aromatic amines is 1. The first-order chi connectivity index (χ1) is 28.9. The SMILES string of the molecule is Cc1ncsc1-c1ccc([C@H](C)NC(=O)N2C[C@@H](O)CN2C(=O)[C@H](c2cc(C3CN(C(=O)[C@@H]4CCc5[nH]c6nnc(-c7ccccc7O)cc6c5C4)C3)no2)C(C)C)cc1. The van der Waals surface area contributed by atoms with Crippen LogP contribution in [0.25, 0.3) is 32.7 Å². The summed E-state index contributed by atoms with van der Waals surface area (Å²) >= 11 is 1.58. The number of fused-ring (bicyclic) bond motifs is 3. The van der Waals surface area contributed by atoms with Crippen molar-refractivity contribution in [3.8, 4) is 27.4 Å². The summed E-state index contributed by atoms with van der Waals surface area (Å²) < 4.78 is 5.83. The number of carbonyl (C=O) groups excluding carboxylic acids is 3. The average Bonchev–Trinajstić information content (AvgIpc) is 4.03. The van der Waals surface area contributed by atoms with E-state index in [-0.39, 0.29) is 54.4 Å². The molecule has 4 N–H and O–H groups in total. The van der Waals surface area contributed by atoms with Gasteiger partial charge in [0, 0.05) is 47.6 Å². The third kappa shape index (κ3) is 7.27. The van der Waals surface area contributed by atoms with Gasteiger partial charge in [-0.3, -0.25) is 9.59 Å². The monoisotopic (exact) mass is 829 g/mol. The number of nitrogens with zero attached hydrogens (tertiary/aromatic N) is 7. The first-order valence-corrected chi connectivity index (χ1v) is 21.3. The Kier molecular flexibility index (Phi) is 10.4. The Hall–Kier alpha value is -6.13. The molecule has 2 aromatic carbocycles. The maximum Gasteiger partial charge on any atom is 0.336 e. The van der Waals surface area contributed by atoms with Crippen molar-refractivity contribution in [2.75, 3.05) is 26.2 Å². The van der Waals surface area contributed by atoms with Crippen LogP contribution in [0.2, 0.25) is 0 Å². The topological polar surface area (TPSA) is 194 Å². The molecule has 3 aliphatic rings. The van der Waals surface area contributed by atoms with Crippen molar-refractivity contribution in [2.24, 2.45) is 11.8 Å². The zero-order valence-electron chi connectivity index (χ0n) is 33.8. The number of thiazole rings is 1. The Morgan fingerprint density at radius 1 is 0.983 bits per heavy atom. The molecule has 0 saturated carbocycles. The molecule has 0 bridgehead atoms. The second-order valence-electron chi connectivity index (χ2n) is 16.6. The highest BCUT2D eigenvalue weighted by Crippen LogP contribution is 2.38. The number of phenols is 1. The highest BCUT2D eigenvalue weighted by atomic mass is 32.1. The summed E-state index contributed by atoms with van der Waals surface area (Å²) in [6.45, 7) is 8.60. The van der Waals surface area contributed by atoms with E-state index in [0.717, 1.165) is 44.8 Å². The van der Waals surface area contributed by atoms with Crippen LogP contribution in [0.3, 0.4) is 0 Å². The number of benzene rings is 2. The van der Waals surface area contributed by atoms with Gasteiger partial charge in [-0.15, -0.1) is 21.5 Å². The third-order valence-electron chi connectivity index (χ3n) is 12.2. The zero-order valence-corrected chi connectivity index (χ0v) is 34.6. The molecule has 2 saturated heterocycles. The number of para-hydroxylation sites is 1.